The van der Waals surface area contributed by atoms with Crippen LogP contribution in [0.25, 0.3) is 0 Å². The molecule has 1 aliphatic rings. The van der Waals surface area contributed by atoms with Crippen molar-refractivity contribution in [2.75, 3.05) is 0 Å². The Balaban J connectivity index is 2.21. The highest BCUT2D eigenvalue weighted by atomic mass is 19.1. The maximum atomic E-state index is 13.9. The van der Waals surface area contributed by atoms with Gasteiger partial charge in [-0.3, -0.25) is 0 Å². The quantitative estimate of drug-likeness (QED) is 0.832. The van der Waals surface area contributed by atoms with E-state index in [1.807, 2.05) is 25.1 Å². The Labute approximate surface area is 110 Å². The molecule has 0 bridgehead atoms. The second-order valence-electron chi connectivity index (χ2n) is 5.15. The summed E-state index contributed by atoms with van der Waals surface area (Å²) >= 11 is 0. The van der Waals surface area contributed by atoms with Crippen molar-refractivity contribution in [3.05, 3.63) is 70.3 Å². The van der Waals surface area contributed by atoms with Crippen LogP contribution in [0, 0.1) is 18.6 Å². The fraction of sp³-hybridized carbons (Fsp3) is 0.250. The van der Waals surface area contributed by atoms with E-state index >= 15 is 0 Å². The minimum atomic E-state index is -1.42. The molecule has 1 unspecified atom stereocenters. The zero-order valence-corrected chi connectivity index (χ0v) is 10.6. The van der Waals surface area contributed by atoms with Gasteiger partial charge in [-0.2, -0.15) is 0 Å². The Morgan fingerprint density at radius 1 is 1.05 bits per heavy atom. The van der Waals surface area contributed by atoms with Gasteiger partial charge in [0.2, 0.25) is 0 Å². The molecule has 1 N–H and O–H groups in total. The Hall–Kier alpha value is -1.74. The van der Waals surface area contributed by atoms with Gasteiger partial charge in [0.15, 0.2) is 0 Å². The number of hydrogen-bond acceptors (Lipinski definition) is 1. The van der Waals surface area contributed by atoms with Gasteiger partial charge in [0, 0.05) is 5.56 Å². The van der Waals surface area contributed by atoms with Crippen molar-refractivity contribution < 1.29 is 13.9 Å². The summed E-state index contributed by atoms with van der Waals surface area (Å²) < 4.78 is 27.3. The predicted octanol–water partition coefficient (Wildman–Crippen LogP) is 3.46. The van der Waals surface area contributed by atoms with Crippen molar-refractivity contribution in [2.24, 2.45) is 0 Å². The van der Waals surface area contributed by atoms with Gasteiger partial charge in [0.25, 0.3) is 0 Å². The third-order valence-corrected chi connectivity index (χ3v) is 3.84. The van der Waals surface area contributed by atoms with Crippen molar-refractivity contribution in [1.29, 1.82) is 0 Å². The Kier molecular flexibility index (Phi) is 2.68. The van der Waals surface area contributed by atoms with Gasteiger partial charge in [-0.15, -0.1) is 0 Å². The van der Waals surface area contributed by atoms with Gasteiger partial charge in [-0.1, -0.05) is 23.8 Å². The lowest BCUT2D eigenvalue weighted by molar-refractivity contribution is 0.0784. The van der Waals surface area contributed by atoms with Gasteiger partial charge >= 0.3 is 0 Å². The van der Waals surface area contributed by atoms with Gasteiger partial charge in [0.05, 0.1) is 0 Å². The number of aliphatic hydroxyl groups is 1. The molecule has 0 saturated carbocycles. The lowest BCUT2D eigenvalue weighted by Gasteiger charge is -2.25. The molecule has 3 rings (SSSR count). The normalized spacial score (nSPS) is 21.5. The van der Waals surface area contributed by atoms with E-state index in [1.54, 1.807) is 0 Å². The number of halogens is 2. The SMILES string of the molecule is Cc1ccc2c(c1)C(O)(c1cc(F)ccc1F)CC2. The monoisotopic (exact) mass is 260 g/mol. The topological polar surface area (TPSA) is 20.2 Å². The first-order chi connectivity index (χ1) is 9.00. The Morgan fingerprint density at radius 3 is 2.63 bits per heavy atom. The van der Waals surface area contributed by atoms with Crippen molar-refractivity contribution in [3.8, 4) is 0 Å². The van der Waals surface area contributed by atoms with Gasteiger partial charge in [-0.05, 0) is 49.1 Å². The minimum absolute atomic E-state index is 0.0249. The third-order valence-electron chi connectivity index (χ3n) is 3.84. The summed E-state index contributed by atoms with van der Waals surface area (Å²) in [7, 11) is 0. The van der Waals surface area contributed by atoms with Gasteiger partial charge in [-0.25, -0.2) is 8.78 Å². The van der Waals surface area contributed by atoms with Crippen LogP contribution in [0.4, 0.5) is 8.78 Å². The molecule has 98 valence electrons. The highest BCUT2D eigenvalue weighted by Crippen LogP contribution is 2.43. The van der Waals surface area contributed by atoms with E-state index in [4.69, 9.17) is 0 Å². The number of fused-ring (bicyclic) bond motifs is 1. The molecule has 0 heterocycles. The van der Waals surface area contributed by atoms with Gasteiger partial charge < -0.3 is 5.11 Å². The standard InChI is InChI=1S/C16H14F2O/c1-10-2-3-11-6-7-16(19,13(11)8-10)14-9-12(17)4-5-15(14)18/h2-5,8-9,19H,6-7H2,1H3. The maximum absolute atomic E-state index is 13.9. The molecule has 0 spiro atoms. The average molecular weight is 260 g/mol. The number of benzene rings is 2. The first-order valence-electron chi connectivity index (χ1n) is 6.28. The summed E-state index contributed by atoms with van der Waals surface area (Å²) in [6, 6.07) is 8.98. The van der Waals surface area contributed by atoms with Crippen LogP contribution >= 0.6 is 0 Å². The second kappa shape index (κ2) is 4.14. The summed E-state index contributed by atoms with van der Waals surface area (Å²) in [5, 5.41) is 10.8. The molecule has 2 aromatic carbocycles. The molecular formula is C16H14F2O. The fourth-order valence-corrected chi connectivity index (χ4v) is 2.84. The van der Waals surface area contributed by atoms with Crippen LogP contribution in [0.3, 0.4) is 0 Å². The predicted molar refractivity (Wildman–Crippen MR) is 68.9 cm³/mol. The van der Waals surface area contributed by atoms with E-state index in [2.05, 4.69) is 0 Å². The number of rotatable bonds is 1. The molecule has 1 aliphatic carbocycles. The van der Waals surface area contributed by atoms with Crippen LogP contribution < -0.4 is 0 Å². The number of aryl methyl sites for hydroxylation is 2. The van der Waals surface area contributed by atoms with E-state index in [0.29, 0.717) is 18.4 Å². The van der Waals surface area contributed by atoms with Gasteiger partial charge in [0.1, 0.15) is 17.2 Å². The van der Waals surface area contributed by atoms with E-state index in [0.717, 1.165) is 29.3 Å². The molecule has 1 atom stereocenters. The largest absolute Gasteiger partial charge is 0.380 e. The number of hydrogen-bond donors (Lipinski definition) is 1. The summed E-state index contributed by atoms with van der Waals surface area (Å²) in [4.78, 5) is 0. The molecular weight excluding hydrogens is 246 g/mol. The molecule has 0 aliphatic heterocycles. The third kappa shape index (κ3) is 1.85. The zero-order chi connectivity index (χ0) is 13.6. The Morgan fingerprint density at radius 2 is 1.84 bits per heavy atom. The van der Waals surface area contributed by atoms with E-state index in [9.17, 15) is 13.9 Å². The average Bonchev–Trinajstić information content (AvgIpc) is 2.71. The highest BCUT2D eigenvalue weighted by molar-refractivity contribution is 5.47. The molecule has 1 nitrogen and oxygen atoms in total. The van der Waals surface area contributed by atoms with E-state index in [1.165, 1.54) is 0 Å². The summed E-state index contributed by atoms with van der Waals surface area (Å²) in [5.41, 5.74) is 1.29. The molecule has 2 aromatic rings. The van der Waals surface area contributed by atoms with Crippen LogP contribution in [-0.4, -0.2) is 5.11 Å². The van der Waals surface area contributed by atoms with E-state index in [-0.39, 0.29) is 5.56 Å². The minimum Gasteiger partial charge on any atom is -0.380 e. The van der Waals surface area contributed by atoms with Crippen LogP contribution in [0.15, 0.2) is 36.4 Å². The molecule has 0 fully saturated rings. The molecule has 0 aromatic heterocycles. The second-order valence-corrected chi connectivity index (χ2v) is 5.15. The van der Waals surface area contributed by atoms with Crippen molar-refractivity contribution in [2.45, 2.75) is 25.4 Å². The lowest BCUT2D eigenvalue weighted by Crippen LogP contribution is -2.25. The van der Waals surface area contributed by atoms with Crippen molar-refractivity contribution in [1.82, 2.24) is 0 Å². The molecule has 0 saturated heterocycles. The summed E-state index contributed by atoms with van der Waals surface area (Å²) in [5.74, 6) is -1.11. The van der Waals surface area contributed by atoms with Crippen LogP contribution in [0.2, 0.25) is 0 Å². The van der Waals surface area contributed by atoms with Crippen molar-refractivity contribution in [3.63, 3.8) is 0 Å². The Bertz CT molecular complexity index is 651. The summed E-state index contributed by atoms with van der Waals surface area (Å²) in [6.45, 7) is 1.92. The smallest absolute Gasteiger partial charge is 0.129 e. The maximum Gasteiger partial charge on any atom is 0.129 e. The van der Waals surface area contributed by atoms with Crippen LogP contribution in [0.5, 0.6) is 0 Å². The summed E-state index contributed by atoms with van der Waals surface area (Å²) in [6.07, 6.45) is 1.05. The van der Waals surface area contributed by atoms with Crippen molar-refractivity contribution >= 4 is 0 Å². The lowest BCUT2D eigenvalue weighted by atomic mass is 9.87. The molecule has 0 radical (unpaired) electrons. The van der Waals surface area contributed by atoms with Crippen LogP contribution in [0.1, 0.15) is 28.7 Å². The fourth-order valence-electron chi connectivity index (χ4n) is 2.84. The van der Waals surface area contributed by atoms with E-state index < -0.39 is 17.2 Å². The molecule has 0 amide bonds. The zero-order valence-electron chi connectivity index (χ0n) is 10.6. The molecule has 3 heteroatoms. The molecule has 19 heavy (non-hydrogen) atoms. The van der Waals surface area contributed by atoms with Crippen LogP contribution in [-0.2, 0) is 12.0 Å². The highest BCUT2D eigenvalue weighted by Gasteiger charge is 2.40. The first kappa shape index (κ1) is 12.3. The first-order valence-corrected chi connectivity index (χ1v) is 6.28.